The van der Waals surface area contributed by atoms with Gasteiger partial charge in [0.25, 0.3) is 0 Å². The molecule has 3 aliphatic rings. The molecule has 2 aromatic rings. The number of halogens is 1. The molecule has 2 saturated heterocycles. The van der Waals surface area contributed by atoms with E-state index in [0.29, 0.717) is 17.3 Å². The number of amidine groups is 1. The lowest BCUT2D eigenvalue weighted by Gasteiger charge is -2.60. The summed E-state index contributed by atoms with van der Waals surface area (Å²) in [6, 6.07) is 6.22. The van der Waals surface area contributed by atoms with Crippen LogP contribution in [-0.2, 0) is 4.79 Å². The van der Waals surface area contributed by atoms with Crippen molar-refractivity contribution in [2.75, 3.05) is 0 Å². The molecule has 1 saturated carbocycles. The number of fused-ring (bicyclic) bond motifs is 3. The fourth-order valence-corrected chi connectivity index (χ4v) is 5.77. The van der Waals surface area contributed by atoms with Crippen LogP contribution in [0, 0.1) is 5.41 Å². The Morgan fingerprint density at radius 2 is 2.23 bits per heavy atom. The fraction of sp³-hybridized carbons (Fsp3) is 0.500. The number of carbonyl (C=O) groups excluding carboxylic acids is 1. The number of benzene rings is 1. The van der Waals surface area contributed by atoms with E-state index in [1.165, 1.54) is 0 Å². The Bertz CT molecular complexity index is 993. The number of aromatic nitrogens is 1. The summed E-state index contributed by atoms with van der Waals surface area (Å²) in [7, 11) is 0. The number of rotatable bonds is 6. The predicted molar refractivity (Wildman–Crippen MR) is 122 cm³/mol. The van der Waals surface area contributed by atoms with Crippen LogP contribution in [0.5, 0.6) is 0 Å². The fourth-order valence-electron chi connectivity index (χ4n) is 5.48. The lowest BCUT2D eigenvalue weighted by molar-refractivity contribution is -0.151. The molecule has 1 aromatic heterocycles. The van der Waals surface area contributed by atoms with E-state index in [-0.39, 0.29) is 29.3 Å². The molecule has 2 aliphatic heterocycles. The maximum absolute atomic E-state index is 13.4. The number of nitrogens with two attached hydrogens (primary N) is 1. The Balaban J connectivity index is 1.51. The molecule has 1 aliphatic carbocycles. The maximum Gasteiger partial charge on any atom is 0.223 e. The summed E-state index contributed by atoms with van der Waals surface area (Å²) in [5.74, 6) is 6.65. The van der Waals surface area contributed by atoms with Gasteiger partial charge in [0.2, 0.25) is 5.91 Å². The van der Waals surface area contributed by atoms with Crippen LogP contribution in [0.2, 0.25) is 5.02 Å². The Kier molecular flexibility index (Phi) is 5.59. The van der Waals surface area contributed by atoms with Crippen molar-refractivity contribution in [3.63, 3.8) is 0 Å². The SMILES string of the molecule is C=N/N=C(\NN)C12CC(CC)N(C(=O)CC(C)c3c[nH]c4cccc(Cl)c34)C(C1)C2. The number of H-pyrrole nitrogens is 1. The number of hydrogen-bond acceptors (Lipinski definition) is 4. The van der Waals surface area contributed by atoms with Gasteiger partial charge in [-0.25, -0.2) is 5.84 Å². The van der Waals surface area contributed by atoms with Gasteiger partial charge < -0.3 is 15.3 Å². The number of hydrogen-bond donors (Lipinski definition) is 3. The average Bonchev–Trinajstić information content (AvgIpc) is 3.16. The van der Waals surface area contributed by atoms with Crippen molar-refractivity contribution < 1.29 is 4.79 Å². The zero-order valence-electron chi connectivity index (χ0n) is 17.5. The topological polar surface area (TPSA) is 98.9 Å². The molecule has 5 rings (SSSR count). The summed E-state index contributed by atoms with van der Waals surface area (Å²) >= 11 is 6.44. The van der Waals surface area contributed by atoms with Gasteiger partial charge in [0.1, 0.15) is 5.84 Å². The zero-order valence-corrected chi connectivity index (χ0v) is 18.2. The summed E-state index contributed by atoms with van der Waals surface area (Å²) < 4.78 is 0. The summed E-state index contributed by atoms with van der Waals surface area (Å²) in [5.41, 5.74) is 4.69. The summed E-state index contributed by atoms with van der Waals surface area (Å²) in [4.78, 5) is 18.8. The molecule has 8 heteroatoms. The van der Waals surface area contributed by atoms with Gasteiger partial charge in [-0.05, 0) is 49.3 Å². The number of piperidine rings is 2. The molecule has 4 N–H and O–H groups in total. The van der Waals surface area contributed by atoms with Crippen molar-refractivity contribution in [1.82, 2.24) is 15.3 Å². The van der Waals surface area contributed by atoms with E-state index >= 15 is 0 Å². The third-order valence-corrected chi connectivity index (χ3v) is 7.25. The molecular formula is C22H29ClN6O. The van der Waals surface area contributed by atoms with Crippen LogP contribution in [0.25, 0.3) is 10.9 Å². The highest BCUT2D eigenvalue weighted by atomic mass is 35.5. The van der Waals surface area contributed by atoms with Crippen molar-refractivity contribution in [1.29, 1.82) is 0 Å². The Morgan fingerprint density at radius 1 is 1.47 bits per heavy atom. The highest BCUT2D eigenvalue weighted by Crippen LogP contribution is 2.54. The van der Waals surface area contributed by atoms with E-state index in [0.717, 1.165) is 42.1 Å². The Morgan fingerprint density at radius 3 is 2.90 bits per heavy atom. The smallest absolute Gasteiger partial charge is 0.223 e. The van der Waals surface area contributed by atoms with Crippen LogP contribution >= 0.6 is 11.6 Å². The standard InChI is InChI=1S/C22H29ClN6O/c1-4-14-9-22(21(27-24)28-25-3)10-15(11-22)29(14)19(30)8-13(2)16-12-26-18-7-5-6-17(23)20(16)18/h5-7,12-15,26H,3-4,8-11,24H2,1-2H3,(H,27,28). The largest absolute Gasteiger partial charge is 0.361 e. The minimum atomic E-state index is -0.117. The molecule has 3 heterocycles. The number of carbonyl (C=O) groups is 1. The minimum absolute atomic E-state index is 0.0724. The number of nitrogens with zero attached hydrogens (tertiary/aromatic N) is 3. The predicted octanol–water partition coefficient (Wildman–Crippen LogP) is 3.95. The van der Waals surface area contributed by atoms with Crippen molar-refractivity contribution in [3.05, 3.63) is 35.0 Å². The van der Waals surface area contributed by atoms with Gasteiger partial charge in [-0.15, -0.1) is 5.10 Å². The maximum atomic E-state index is 13.4. The number of hydrazine groups is 1. The molecule has 0 radical (unpaired) electrons. The molecule has 7 nitrogen and oxygen atoms in total. The molecular weight excluding hydrogens is 400 g/mol. The second kappa shape index (κ2) is 8.04. The normalized spacial score (nSPS) is 26.9. The first-order chi connectivity index (χ1) is 14.4. The quantitative estimate of drug-likeness (QED) is 0.281. The van der Waals surface area contributed by atoms with Crippen molar-refractivity contribution in [2.24, 2.45) is 21.5 Å². The van der Waals surface area contributed by atoms with Gasteiger partial charge in [-0.2, -0.15) is 5.10 Å². The van der Waals surface area contributed by atoms with Gasteiger partial charge in [0, 0.05) is 47.7 Å². The molecule has 1 aromatic carbocycles. The number of aromatic amines is 1. The third-order valence-electron chi connectivity index (χ3n) is 6.93. The van der Waals surface area contributed by atoms with Crippen molar-refractivity contribution >= 4 is 41.0 Å². The number of nitrogens with one attached hydrogen (secondary N) is 2. The monoisotopic (exact) mass is 428 g/mol. The summed E-state index contributed by atoms with van der Waals surface area (Å²) in [5, 5.41) is 9.50. The second-order valence-electron chi connectivity index (χ2n) is 8.66. The van der Waals surface area contributed by atoms with Crippen molar-refractivity contribution in [3.8, 4) is 0 Å². The van der Waals surface area contributed by atoms with Gasteiger partial charge in [-0.1, -0.05) is 31.5 Å². The number of amides is 1. The van der Waals surface area contributed by atoms with Crippen LogP contribution in [0.15, 0.2) is 34.6 Å². The van der Waals surface area contributed by atoms with Crippen LogP contribution in [0.4, 0.5) is 0 Å². The molecule has 3 fully saturated rings. The highest BCUT2D eigenvalue weighted by molar-refractivity contribution is 6.35. The van der Waals surface area contributed by atoms with E-state index in [4.69, 9.17) is 17.4 Å². The third kappa shape index (κ3) is 3.30. The minimum Gasteiger partial charge on any atom is -0.361 e. The van der Waals surface area contributed by atoms with Crippen molar-refractivity contribution in [2.45, 2.75) is 64.0 Å². The molecule has 0 spiro atoms. The first-order valence-electron chi connectivity index (χ1n) is 10.5. The van der Waals surface area contributed by atoms with Crippen LogP contribution in [0.3, 0.4) is 0 Å². The van der Waals surface area contributed by atoms with Crippen LogP contribution in [0.1, 0.15) is 57.4 Å². The first-order valence-corrected chi connectivity index (χ1v) is 10.9. The molecule has 30 heavy (non-hydrogen) atoms. The van der Waals surface area contributed by atoms with Gasteiger partial charge in [-0.3, -0.25) is 4.79 Å². The van der Waals surface area contributed by atoms with E-state index in [2.05, 4.69) is 46.1 Å². The van der Waals surface area contributed by atoms with E-state index in [1.54, 1.807) is 0 Å². The van der Waals surface area contributed by atoms with Gasteiger partial charge in [0.15, 0.2) is 0 Å². The van der Waals surface area contributed by atoms with Gasteiger partial charge >= 0.3 is 0 Å². The van der Waals surface area contributed by atoms with E-state index < -0.39 is 0 Å². The van der Waals surface area contributed by atoms with Gasteiger partial charge in [0.05, 0.1) is 5.02 Å². The lowest BCUT2D eigenvalue weighted by Crippen LogP contribution is -2.68. The summed E-state index contributed by atoms with van der Waals surface area (Å²) in [6.07, 6.45) is 5.91. The molecule has 160 valence electrons. The molecule has 2 bridgehead atoms. The lowest BCUT2D eigenvalue weighted by atomic mass is 9.57. The summed E-state index contributed by atoms with van der Waals surface area (Å²) in [6.45, 7) is 7.67. The highest BCUT2D eigenvalue weighted by Gasteiger charge is 2.58. The Hall–Kier alpha value is -2.38. The van der Waals surface area contributed by atoms with E-state index in [9.17, 15) is 4.79 Å². The average molecular weight is 429 g/mol. The Labute approximate surface area is 181 Å². The van der Waals surface area contributed by atoms with Crippen LogP contribution in [-0.4, -0.2) is 40.4 Å². The first kappa shape index (κ1) is 20.9. The second-order valence-corrected chi connectivity index (χ2v) is 9.06. The zero-order chi connectivity index (χ0) is 21.5. The van der Waals surface area contributed by atoms with E-state index in [1.807, 2.05) is 24.4 Å². The van der Waals surface area contributed by atoms with Crippen LogP contribution < -0.4 is 11.3 Å². The molecule has 2 unspecified atom stereocenters. The molecule has 2 atom stereocenters. The molecule has 1 amide bonds.